The first-order chi connectivity index (χ1) is 6.65. The lowest BCUT2D eigenvalue weighted by molar-refractivity contribution is -0.137. The van der Waals surface area contributed by atoms with Gasteiger partial charge in [-0.05, 0) is 24.1 Å². The van der Waals surface area contributed by atoms with Crippen LogP contribution in [0.25, 0.3) is 0 Å². The summed E-state index contributed by atoms with van der Waals surface area (Å²) >= 11 is 3.38. The van der Waals surface area contributed by atoms with Crippen LogP contribution in [0.2, 0.25) is 0 Å². The average Bonchev–Trinajstić information content (AvgIpc) is 2.44. The Morgan fingerprint density at radius 2 is 2.43 bits per heavy atom. The second-order valence-corrected chi connectivity index (χ2v) is 4.36. The van der Waals surface area contributed by atoms with Crippen molar-refractivity contribution < 1.29 is 9.90 Å². The molecule has 1 aliphatic heterocycles. The zero-order chi connectivity index (χ0) is 10.1. The van der Waals surface area contributed by atoms with E-state index in [1.807, 2.05) is 18.2 Å². The number of fused-ring (bicyclic) bond motifs is 1. The molecule has 2 rings (SSSR count). The highest BCUT2D eigenvalue weighted by molar-refractivity contribution is 9.10. The van der Waals surface area contributed by atoms with Crippen LogP contribution in [0, 0.1) is 0 Å². The number of benzene rings is 1. The van der Waals surface area contributed by atoms with Crippen LogP contribution in [0.15, 0.2) is 22.7 Å². The smallest absolute Gasteiger partial charge is 0.305 e. The summed E-state index contributed by atoms with van der Waals surface area (Å²) in [6.07, 6.45) is 0.973. The number of hydrogen-bond donors (Lipinski definition) is 2. The van der Waals surface area contributed by atoms with E-state index in [1.165, 1.54) is 5.56 Å². The van der Waals surface area contributed by atoms with Gasteiger partial charge in [0.15, 0.2) is 0 Å². The normalized spacial score (nSPS) is 18.8. The molecule has 1 aromatic rings. The Hall–Kier alpha value is -1.03. The molecule has 4 heteroatoms. The van der Waals surface area contributed by atoms with Crippen molar-refractivity contribution in [1.82, 2.24) is 0 Å². The summed E-state index contributed by atoms with van der Waals surface area (Å²) in [5, 5.41) is 11.9. The molecular weight excluding hydrogens is 246 g/mol. The average molecular weight is 256 g/mol. The molecule has 2 N–H and O–H groups in total. The van der Waals surface area contributed by atoms with E-state index in [0.717, 1.165) is 16.6 Å². The van der Waals surface area contributed by atoms with E-state index >= 15 is 0 Å². The van der Waals surface area contributed by atoms with Gasteiger partial charge in [0.25, 0.3) is 0 Å². The minimum absolute atomic E-state index is 0.0387. The molecule has 0 aromatic heterocycles. The Morgan fingerprint density at radius 3 is 3.14 bits per heavy atom. The maximum absolute atomic E-state index is 10.5. The third-order valence-electron chi connectivity index (χ3n) is 2.32. The molecule has 1 atom stereocenters. The van der Waals surface area contributed by atoms with E-state index < -0.39 is 5.97 Å². The van der Waals surface area contributed by atoms with Crippen molar-refractivity contribution in [1.29, 1.82) is 0 Å². The van der Waals surface area contributed by atoms with Crippen molar-refractivity contribution in [2.45, 2.75) is 18.9 Å². The summed E-state index contributed by atoms with van der Waals surface area (Å²) in [6.45, 7) is 0. The number of aliphatic carboxylic acids is 1. The molecule has 1 heterocycles. The van der Waals surface area contributed by atoms with Gasteiger partial charge in [-0.1, -0.05) is 22.0 Å². The van der Waals surface area contributed by atoms with Crippen molar-refractivity contribution in [2.24, 2.45) is 0 Å². The zero-order valence-corrected chi connectivity index (χ0v) is 9.04. The number of halogens is 1. The molecular formula is C10H10BrNO2. The summed E-state index contributed by atoms with van der Waals surface area (Å²) < 4.78 is 1.01. The van der Waals surface area contributed by atoms with Crippen molar-refractivity contribution in [3.05, 3.63) is 28.2 Å². The summed E-state index contributed by atoms with van der Waals surface area (Å²) in [4.78, 5) is 10.5. The quantitative estimate of drug-likeness (QED) is 0.853. The molecule has 0 bridgehead atoms. The monoisotopic (exact) mass is 255 g/mol. The van der Waals surface area contributed by atoms with Crippen molar-refractivity contribution >= 4 is 27.6 Å². The third-order valence-corrected chi connectivity index (χ3v) is 2.81. The van der Waals surface area contributed by atoms with Gasteiger partial charge in [-0.25, -0.2) is 0 Å². The third kappa shape index (κ3) is 1.90. The SMILES string of the molecule is O=C(O)CC1Cc2ccc(Br)cc2N1. The van der Waals surface area contributed by atoms with Gasteiger partial charge in [-0.15, -0.1) is 0 Å². The van der Waals surface area contributed by atoms with Gasteiger partial charge in [-0.3, -0.25) is 4.79 Å². The van der Waals surface area contributed by atoms with Crippen LogP contribution in [0.5, 0.6) is 0 Å². The van der Waals surface area contributed by atoms with Crippen molar-refractivity contribution in [2.75, 3.05) is 5.32 Å². The molecule has 0 radical (unpaired) electrons. The minimum atomic E-state index is -0.755. The number of nitrogens with one attached hydrogen (secondary N) is 1. The maximum Gasteiger partial charge on any atom is 0.305 e. The number of rotatable bonds is 2. The first-order valence-electron chi connectivity index (χ1n) is 4.42. The summed E-state index contributed by atoms with van der Waals surface area (Å²) in [5.41, 5.74) is 2.24. The van der Waals surface area contributed by atoms with Gasteiger partial charge in [0.1, 0.15) is 0 Å². The number of carboxylic acid groups (broad SMARTS) is 1. The highest BCUT2D eigenvalue weighted by Gasteiger charge is 2.22. The second kappa shape index (κ2) is 3.61. The summed E-state index contributed by atoms with van der Waals surface area (Å²) in [6, 6.07) is 6.02. The molecule has 1 unspecified atom stereocenters. The Balaban J connectivity index is 2.14. The number of carbonyl (C=O) groups is 1. The first kappa shape index (κ1) is 9.52. The van der Waals surface area contributed by atoms with Crippen LogP contribution in [0.4, 0.5) is 5.69 Å². The standard InChI is InChI=1S/C10H10BrNO2/c11-7-2-1-6-3-8(5-10(13)14)12-9(6)4-7/h1-2,4,8,12H,3,5H2,(H,13,14). The van der Waals surface area contributed by atoms with E-state index in [2.05, 4.69) is 21.2 Å². The maximum atomic E-state index is 10.5. The highest BCUT2D eigenvalue weighted by Crippen LogP contribution is 2.29. The van der Waals surface area contributed by atoms with Crippen LogP contribution in [-0.2, 0) is 11.2 Å². The molecule has 3 nitrogen and oxygen atoms in total. The number of hydrogen-bond acceptors (Lipinski definition) is 2. The molecule has 0 saturated heterocycles. The Morgan fingerprint density at radius 1 is 1.64 bits per heavy atom. The van der Waals surface area contributed by atoms with Crippen LogP contribution >= 0.6 is 15.9 Å². The fourth-order valence-corrected chi connectivity index (χ4v) is 2.09. The molecule has 1 aliphatic rings. The van der Waals surface area contributed by atoms with Crippen LogP contribution in [-0.4, -0.2) is 17.1 Å². The molecule has 0 saturated carbocycles. The number of carboxylic acids is 1. The van der Waals surface area contributed by atoms with E-state index in [-0.39, 0.29) is 12.5 Å². The fraction of sp³-hybridized carbons (Fsp3) is 0.300. The van der Waals surface area contributed by atoms with Gasteiger partial charge in [-0.2, -0.15) is 0 Å². The molecule has 0 fully saturated rings. The zero-order valence-electron chi connectivity index (χ0n) is 7.46. The lowest BCUT2D eigenvalue weighted by Crippen LogP contribution is -2.19. The van der Waals surface area contributed by atoms with Crippen LogP contribution in [0.3, 0.4) is 0 Å². The van der Waals surface area contributed by atoms with Crippen molar-refractivity contribution in [3.8, 4) is 0 Å². The van der Waals surface area contributed by atoms with E-state index in [4.69, 9.17) is 5.11 Å². The summed E-state index contributed by atoms with van der Waals surface area (Å²) in [5.74, 6) is -0.755. The van der Waals surface area contributed by atoms with E-state index in [9.17, 15) is 4.79 Å². The lowest BCUT2D eigenvalue weighted by Gasteiger charge is -2.06. The number of anilines is 1. The molecule has 0 spiro atoms. The molecule has 0 aliphatic carbocycles. The Bertz CT molecular complexity index is 378. The van der Waals surface area contributed by atoms with Gasteiger partial charge in [0.05, 0.1) is 6.42 Å². The highest BCUT2D eigenvalue weighted by atomic mass is 79.9. The van der Waals surface area contributed by atoms with Gasteiger partial charge in [0, 0.05) is 16.2 Å². The molecule has 74 valence electrons. The predicted molar refractivity (Wildman–Crippen MR) is 57.5 cm³/mol. The van der Waals surface area contributed by atoms with Crippen molar-refractivity contribution in [3.63, 3.8) is 0 Å². The van der Waals surface area contributed by atoms with Crippen LogP contribution < -0.4 is 5.32 Å². The van der Waals surface area contributed by atoms with Gasteiger partial charge < -0.3 is 10.4 Å². The van der Waals surface area contributed by atoms with E-state index in [1.54, 1.807) is 0 Å². The second-order valence-electron chi connectivity index (χ2n) is 3.44. The molecule has 14 heavy (non-hydrogen) atoms. The fourth-order valence-electron chi connectivity index (χ4n) is 1.73. The topological polar surface area (TPSA) is 49.3 Å². The lowest BCUT2D eigenvalue weighted by atomic mass is 10.1. The van der Waals surface area contributed by atoms with Gasteiger partial charge in [0.2, 0.25) is 0 Å². The molecule has 1 aromatic carbocycles. The minimum Gasteiger partial charge on any atom is -0.481 e. The Kier molecular flexibility index (Phi) is 2.46. The van der Waals surface area contributed by atoms with Gasteiger partial charge >= 0.3 is 5.97 Å². The molecule has 0 amide bonds. The largest absolute Gasteiger partial charge is 0.481 e. The van der Waals surface area contributed by atoms with Crippen LogP contribution in [0.1, 0.15) is 12.0 Å². The predicted octanol–water partition coefficient (Wildman–Crippen LogP) is 2.26. The van der Waals surface area contributed by atoms with E-state index in [0.29, 0.717) is 0 Å². The summed E-state index contributed by atoms with van der Waals surface area (Å²) in [7, 11) is 0. The Labute approximate surface area is 90.3 Å². The first-order valence-corrected chi connectivity index (χ1v) is 5.21.